The molecule has 0 aliphatic heterocycles. The van der Waals surface area contributed by atoms with E-state index in [1.807, 2.05) is 30.3 Å². The normalized spacial score (nSPS) is 10.8. The lowest BCUT2D eigenvalue weighted by Crippen LogP contribution is -2.07. The molecule has 0 N–H and O–H groups in total. The van der Waals surface area contributed by atoms with Gasteiger partial charge in [0.1, 0.15) is 12.2 Å². The Hall–Kier alpha value is -2.66. The fraction of sp³-hybridized carbons (Fsp3) is 0.176. The molecule has 0 atom stereocenters. The van der Waals surface area contributed by atoms with Gasteiger partial charge in [0.25, 0.3) is 0 Å². The zero-order valence-electron chi connectivity index (χ0n) is 12.1. The van der Waals surface area contributed by atoms with Gasteiger partial charge in [-0.2, -0.15) is 0 Å². The van der Waals surface area contributed by atoms with Crippen LogP contribution < -0.4 is 0 Å². The fourth-order valence-corrected chi connectivity index (χ4v) is 2.24. The number of furan rings is 1. The first-order valence-corrected chi connectivity index (χ1v) is 6.86. The van der Waals surface area contributed by atoms with E-state index in [9.17, 15) is 4.79 Å². The number of carbonyl (C=O) groups excluding carboxylic acids is 1. The number of nitrogens with zero attached hydrogens (tertiary/aromatic N) is 1. The van der Waals surface area contributed by atoms with E-state index in [1.165, 1.54) is 0 Å². The third-order valence-corrected chi connectivity index (χ3v) is 3.25. The van der Waals surface area contributed by atoms with Crippen LogP contribution in [-0.4, -0.2) is 18.1 Å². The molecule has 3 aromatic rings. The number of fused-ring (bicyclic) bond motifs is 1. The van der Waals surface area contributed by atoms with Crippen LogP contribution >= 0.6 is 0 Å². The van der Waals surface area contributed by atoms with Gasteiger partial charge >= 0.3 is 5.97 Å². The van der Waals surface area contributed by atoms with Crippen molar-refractivity contribution in [3.63, 3.8) is 0 Å². The molecule has 0 aliphatic carbocycles. The van der Waals surface area contributed by atoms with Crippen molar-refractivity contribution in [1.82, 2.24) is 4.98 Å². The zero-order valence-corrected chi connectivity index (χ0v) is 12.1. The van der Waals surface area contributed by atoms with Gasteiger partial charge in [-0.15, -0.1) is 0 Å². The molecule has 112 valence electrons. The Bertz CT molecular complexity index is 780. The van der Waals surface area contributed by atoms with Gasteiger partial charge in [0.2, 0.25) is 5.76 Å². The Morgan fingerprint density at radius 3 is 2.73 bits per heavy atom. The third-order valence-electron chi connectivity index (χ3n) is 3.25. The minimum absolute atomic E-state index is 0.100. The molecule has 5 heteroatoms. The molecule has 0 unspecified atom stereocenters. The largest absolute Gasteiger partial charge is 0.453 e. The number of esters is 1. The zero-order chi connectivity index (χ0) is 15.4. The van der Waals surface area contributed by atoms with Crippen LogP contribution in [0.5, 0.6) is 0 Å². The fourth-order valence-electron chi connectivity index (χ4n) is 2.24. The Kier molecular flexibility index (Phi) is 4.16. The summed E-state index contributed by atoms with van der Waals surface area (Å²) in [6, 6.07) is 12.9. The molecule has 0 bridgehead atoms. The summed E-state index contributed by atoms with van der Waals surface area (Å²) in [5, 5.41) is 0.856. The summed E-state index contributed by atoms with van der Waals surface area (Å²) >= 11 is 0. The summed E-state index contributed by atoms with van der Waals surface area (Å²) in [5.41, 5.74) is 2.02. The van der Waals surface area contributed by atoms with E-state index in [2.05, 4.69) is 4.98 Å². The average Bonchev–Trinajstić information content (AvgIpc) is 2.93. The molecule has 2 heterocycles. The number of ether oxygens (including phenoxy) is 2. The summed E-state index contributed by atoms with van der Waals surface area (Å²) in [7, 11) is 1.57. The number of hydrogen-bond donors (Lipinski definition) is 0. The van der Waals surface area contributed by atoms with Crippen molar-refractivity contribution < 1.29 is 18.7 Å². The first kappa shape index (κ1) is 14.3. The summed E-state index contributed by atoms with van der Waals surface area (Å²) < 4.78 is 16.1. The molecule has 0 amide bonds. The molecule has 1 aromatic carbocycles. The predicted octanol–water partition coefficient (Wildman–Crippen LogP) is 3.33. The van der Waals surface area contributed by atoms with Gasteiger partial charge in [-0.3, -0.25) is 4.98 Å². The molecule has 3 rings (SSSR count). The topological polar surface area (TPSA) is 61.6 Å². The standard InChI is InChI=1S/C17H15NO4/c1-20-11-14-13-7-2-3-8-15(13)22-16(14)17(19)21-10-12-6-4-5-9-18-12/h2-9H,10-11H2,1H3. The Labute approximate surface area is 127 Å². The average molecular weight is 297 g/mol. The molecular formula is C17H15NO4. The number of pyridine rings is 1. The summed E-state index contributed by atoms with van der Waals surface area (Å²) in [5.74, 6) is -0.340. The molecule has 0 fully saturated rings. The molecular weight excluding hydrogens is 282 g/mol. The second-order valence-electron chi connectivity index (χ2n) is 4.74. The van der Waals surface area contributed by atoms with Crippen molar-refractivity contribution >= 4 is 16.9 Å². The molecule has 22 heavy (non-hydrogen) atoms. The molecule has 2 aromatic heterocycles. The lowest BCUT2D eigenvalue weighted by molar-refractivity contribution is 0.0427. The van der Waals surface area contributed by atoms with E-state index < -0.39 is 5.97 Å². The van der Waals surface area contributed by atoms with Crippen LogP contribution in [0.4, 0.5) is 0 Å². The maximum absolute atomic E-state index is 12.3. The second kappa shape index (κ2) is 6.41. The lowest BCUT2D eigenvalue weighted by atomic mass is 10.1. The smallest absolute Gasteiger partial charge is 0.375 e. The Balaban J connectivity index is 1.85. The van der Waals surface area contributed by atoms with Crippen molar-refractivity contribution in [2.45, 2.75) is 13.2 Å². The highest BCUT2D eigenvalue weighted by atomic mass is 16.5. The van der Waals surface area contributed by atoms with Gasteiger partial charge in [-0.25, -0.2) is 4.79 Å². The number of rotatable bonds is 5. The third kappa shape index (κ3) is 2.84. The van der Waals surface area contributed by atoms with E-state index in [0.29, 0.717) is 16.8 Å². The van der Waals surface area contributed by atoms with Crippen molar-refractivity contribution in [2.75, 3.05) is 7.11 Å². The first-order chi connectivity index (χ1) is 10.8. The summed E-state index contributed by atoms with van der Waals surface area (Å²) in [6.07, 6.45) is 1.65. The van der Waals surface area contributed by atoms with Crippen molar-refractivity contribution in [3.8, 4) is 0 Å². The van der Waals surface area contributed by atoms with Crippen LogP contribution in [0.1, 0.15) is 21.8 Å². The SMILES string of the molecule is COCc1c(C(=O)OCc2ccccn2)oc2ccccc12. The number of carbonyl (C=O) groups is 1. The van der Waals surface area contributed by atoms with Crippen molar-refractivity contribution in [1.29, 1.82) is 0 Å². The lowest BCUT2D eigenvalue weighted by Gasteiger charge is -2.04. The molecule has 0 radical (unpaired) electrons. The summed E-state index contributed by atoms with van der Waals surface area (Å²) in [6.45, 7) is 0.383. The molecule has 0 aliphatic rings. The summed E-state index contributed by atoms with van der Waals surface area (Å²) in [4.78, 5) is 16.4. The van der Waals surface area contributed by atoms with Crippen LogP contribution in [-0.2, 0) is 22.7 Å². The van der Waals surface area contributed by atoms with Crippen LogP contribution in [0, 0.1) is 0 Å². The second-order valence-corrected chi connectivity index (χ2v) is 4.74. The van der Waals surface area contributed by atoms with Gasteiger partial charge in [-0.1, -0.05) is 24.3 Å². The van der Waals surface area contributed by atoms with Crippen LogP contribution in [0.2, 0.25) is 0 Å². The maximum atomic E-state index is 12.3. The number of benzene rings is 1. The highest BCUT2D eigenvalue weighted by molar-refractivity contribution is 5.96. The van der Waals surface area contributed by atoms with Gasteiger partial charge in [0.05, 0.1) is 12.3 Å². The van der Waals surface area contributed by atoms with E-state index in [-0.39, 0.29) is 19.0 Å². The minimum Gasteiger partial charge on any atom is -0.453 e. The van der Waals surface area contributed by atoms with E-state index in [4.69, 9.17) is 13.9 Å². The monoisotopic (exact) mass is 297 g/mol. The maximum Gasteiger partial charge on any atom is 0.375 e. The molecule has 5 nitrogen and oxygen atoms in total. The molecule has 0 saturated carbocycles. The van der Waals surface area contributed by atoms with Gasteiger partial charge < -0.3 is 13.9 Å². The molecule has 0 spiro atoms. The Morgan fingerprint density at radius 2 is 1.95 bits per heavy atom. The number of aromatic nitrogens is 1. The Morgan fingerprint density at radius 1 is 1.14 bits per heavy atom. The highest BCUT2D eigenvalue weighted by Crippen LogP contribution is 2.27. The van der Waals surface area contributed by atoms with Gasteiger partial charge in [0.15, 0.2) is 0 Å². The van der Waals surface area contributed by atoms with E-state index in [1.54, 1.807) is 25.4 Å². The van der Waals surface area contributed by atoms with Gasteiger partial charge in [-0.05, 0) is 18.2 Å². The molecule has 0 saturated heterocycles. The quantitative estimate of drug-likeness (QED) is 0.676. The predicted molar refractivity (Wildman–Crippen MR) is 80.3 cm³/mol. The van der Waals surface area contributed by atoms with Crippen molar-refractivity contribution in [3.05, 3.63) is 65.7 Å². The van der Waals surface area contributed by atoms with E-state index in [0.717, 1.165) is 5.39 Å². The van der Waals surface area contributed by atoms with Crippen molar-refractivity contribution in [2.24, 2.45) is 0 Å². The number of hydrogen-bond acceptors (Lipinski definition) is 5. The van der Waals surface area contributed by atoms with Crippen LogP contribution in [0.25, 0.3) is 11.0 Å². The minimum atomic E-state index is -0.520. The highest BCUT2D eigenvalue weighted by Gasteiger charge is 2.21. The van der Waals surface area contributed by atoms with Gasteiger partial charge in [0, 0.05) is 24.3 Å². The van der Waals surface area contributed by atoms with E-state index >= 15 is 0 Å². The number of methoxy groups -OCH3 is 1. The number of para-hydroxylation sites is 1. The van der Waals surface area contributed by atoms with Crippen LogP contribution in [0.3, 0.4) is 0 Å². The first-order valence-electron chi connectivity index (χ1n) is 6.86. The van der Waals surface area contributed by atoms with Crippen LogP contribution in [0.15, 0.2) is 53.1 Å².